The van der Waals surface area contributed by atoms with E-state index in [2.05, 4.69) is 14.3 Å². The number of aromatic nitrogens is 2. The Morgan fingerprint density at radius 2 is 2.00 bits per heavy atom. The molecule has 2 aromatic rings. The van der Waals surface area contributed by atoms with Gasteiger partial charge in [-0.25, -0.2) is 17.9 Å². The number of fused-ring (bicyclic) bond motifs is 1. The lowest BCUT2D eigenvalue weighted by molar-refractivity contribution is 0.0595. The number of ether oxygens (including phenoxy) is 1. The van der Waals surface area contributed by atoms with Crippen LogP contribution in [0.1, 0.15) is 68.3 Å². The van der Waals surface area contributed by atoms with Crippen LogP contribution >= 0.6 is 22.9 Å². The predicted molar refractivity (Wildman–Crippen MR) is 121 cm³/mol. The number of nitrogens with zero attached hydrogens (tertiary/aromatic N) is 3. The van der Waals surface area contributed by atoms with Crippen LogP contribution in [0.5, 0.6) is 0 Å². The first-order valence-corrected chi connectivity index (χ1v) is 13.7. The van der Waals surface area contributed by atoms with Crippen LogP contribution in [0.4, 0.5) is 0 Å². The van der Waals surface area contributed by atoms with E-state index in [1.807, 2.05) is 0 Å². The summed E-state index contributed by atoms with van der Waals surface area (Å²) >= 11 is 2.09. The normalized spacial score (nSPS) is 17.2. The minimum absolute atomic E-state index is 0.0184. The molecule has 0 unspecified atom stereocenters. The summed E-state index contributed by atoms with van der Waals surface area (Å²) in [5.74, 6) is -0.530. The molecule has 1 N–H and O–H groups in total. The summed E-state index contributed by atoms with van der Waals surface area (Å²) in [4.78, 5) is 28.3. The Balaban J connectivity index is 1.60. The molecule has 12 heteroatoms. The van der Waals surface area contributed by atoms with E-state index >= 15 is 0 Å². The summed E-state index contributed by atoms with van der Waals surface area (Å²) < 4.78 is 37.8. The van der Waals surface area contributed by atoms with Crippen LogP contribution in [0.2, 0.25) is 0 Å². The van der Waals surface area contributed by atoms with Gasteiger partial charge >= 0.3 is 5.97 Å². The number of hydrogen-bond acceptors (Lipinski definition) is 9. The highest BCUT2D eigenvalue weighted by molar-refractivity contribution is 7.91. The third-order valence-electron chi connectivity index (χ3n) is 6.08. The lowest BCUT2D eigenvalue weighted by Crippen LogP contribution is -2.35. The van der Waals surface area contributed by atoms with E-state index in [0.717, 1.165) is 48.6 Å². The minimum atomic E-state index is -3.88. The Morgan fingerprint density at radius 1 is 1.25 bits per heavy atom. The number of amides is 1. The van der Waals surface area contributed by atoms with Crippen molar-refractivity contribution in [2.75, 3.05) is 20.2 Å². The molecule has 3 heterocycles. The molecule has 9 nitrogen and oxygen atoms in total. The number of carbonyl (C=O) groups is 2. The van der Waals surface area contributed by atoms with E-state index in [4.69, 9.17) is 4.74 Å². The fraction of sp³-hybridized carbons (Fsp3) is 0.600. The Hall–Kier alpha value is -1.89. The van der Waals surface area contributed by atoms with Gasteiger partial charge in [0.05, 0.1) is 24.9 Å². The number of carbonyl (C=O) groups excluding carboxylic acids is 2. The number of methoxy groups -OCH3 is 1. The summed E-state index contributed by atoms with van der Waals surface area (Å²) in [7, 11) is -2.63. The Bertz CT molecular complexity index is 1120. The van der Waals surface area contributed by atoms with Crippen LogP contribution in [0.3, 0.4) is 0 Å². The van der Waals surface area contributed by atoms with Crippen molar-refractivity contribution in [3.05, 3.63) is 26.6 Å². The largest absolute Gasteiger partial charge is 0.465 e. The van der Waals surface area contributed by atoms with Crippen molar-refractivity contribution in [2.45, 2.75) is 56.2 Å². The van der Waals surface area contributed by atoms with Crippen LogP contribution in [0.15, 0.2) is 4.21 Å². The van der Waals surface area contributed by atoms with Crippen LogP contribution in [0.25, 0.3) is 0 Å². The lowest BCUT2D eigenvalue weighted by Gasteiger charge is -2.26. The molecule has 1 fully saturated rings. The molecule has 0 saturated heterocycles. The van der Waals surface area contributed by atoms with Crippen molar-refractivity contribution in [1.29, 1.82) is 0 Å². The fourth-order valence-electron chi connectivity index (χ4n) is 4.31. The van der Waals surface area contributed by atoms with Crippen molar-refractivity contribution in [3.63, 3.8) is 0 Å². The molecule has 0 aromatic carbocycles. The van der Waals surface area contributed by atoms with Crippen molar-refractivity contribution in [1.82, 2.24) is 19.2 Å². The average molecular weight is 499 g/mol. The molecule has 1 aliphatic heterocycles. The summed E-state index contributed by atoms with van der Waals surface area (Å²) in [5, 5.41) is 3.90. The molecule has 4 rings (SSSR count). The summed E-state index contributed by atoms with van der Waals surface area (Å²) in [6.45, 7) is 2.71. The predicted octanol–water partition coefficient (Wildman–Crippen LogP) is 2.75. The van der Waals surface area contributed by atoms with Crippen LogP contribution in [-0.4, -0.2) is 55.0 Å². The van der Waals surface area contributed by atoms with Gasteiger partial charge in [0.25, 0.3) is 15.9 Å². The zero-order chi connectivity index (χ0) is 22.9. The molecule has 2 aliphatic rings. The van der Waals surface area contributed by atoms with Crippen molar-refractivity contribution < 1.29 is 22.7 Å². The minimum Gasteiger partial charge on any atom is -0.465 e. The zero-order valence-corrected chi connectivity index (χ0v) is 20.5. The number of hydrogen-bond donors (Lipinski definition) is 1. The molecule has 1 amide bonds. The molecule has 32 heavy (non-hydrogen) atoms. The van der Waals surface area contributed by atoms with E-state index in [0.29, 0.717) is 46.4 Å². The topological polar surface area (TPSA) is 119 Å². The highest BCUT2D eigenvalue weighted by Gasteiger charge is 2.36. The second-order valence-electron chi connectivity index (χ2n) is 8.18. The number of aryl methyl sites for hydroxylation is 1. The van der Waals surface area contributed by atoms with E-state index in [1.54, 1.807) is 11.8 Å². The molecule has 1 aliphatic carbocycles. The number of sulfonamides is 1. The maximum absolute atomic E-state index is 13.2. The lowest BCUT2D eigenvalue weighted by atomic mass is 9.90. The van der Waals surface area contributed by atoms with Crippen molar-refractivity contribution in [2.24, 2.45) is 5.92 Å². The third-order valence-corrected chi connectivity index (χ3v) is 10.1. The van der Waals surface area contributed by atoms with Gasteiger partial charge in [-0.15, -0.1) is 16.4 Å². The van der Waals surface area contributed by atoms with Gasteiger partial charge < -0.3 is 9.64 Å². The van der Waals surface area contributed by atoms with E-state index in [-0.39, 0.29) is 22.2 Å². The fourth-order valence-corrected chi connectivity index (χ4v) is 7.99. The molecule has 0 radical (unpaired) electrons. The van der Waals surface area contributed by atoms with E-state index in [1.165, 1.54) is 13.5 Å². The molecule has 0 atom stereocenters. The van der Waals surface area contributed by atoms with Gasteiger partial charge in [0.1, 0.15) is 9.09 Å². The van der Waals surface area contributed by atoms with E-state index in [9.17, 15) is 18.0 Å². The van der Waals surface area contributed by atoms with Crippen LogP contribution < -0.4 is 4.72 Å². The first-order valence-electron chi connectivity index (χ1n) is 10.6. The second kappa shape index (κ2) is 9.54. The average Bonchev–Trinajstić information content (AvgIpc) is 3.41. The second-order valence-corrected chi connectivity index (χ2v) is 12.0. The van der Waals surface area contributed by atoms with Crippen molar-refractivity contribution >= 4 is 44.8 Å². The van der Waals surface area contributed by atoms with Gasteiger partial charge in [-0.2, -0.15) is 0 Å². The zero-order valence-electron chi connectivity index (χ0n) is 18.0. The first kappa shape index (κ1) is 23.3. The molecule has 0 bridgehead atoms. The smallest absolute Gasteiger partial charge is 0.340 e. The summed E-state index contributed by atoms with van der Waals surface area (Å²) in [6.07, 6.45) is 5.83. The highest BCUT2D eigenvalue weighted by Crippen LogP contribution is 2.37. The third kappa shape index (κ3) is 4.59. The van der Waals surface area contributed by atoms with Gasteiger partial charge in [-0.1, -0.05) is 23.8 Å². The molecular weight excluding hydrogens is 472 g/mol. The maximum atomic E-state index is 13.2. The van der Waals surface area contributed by atoms with Gasteiger partial charge in [0, 0.05) is 18.0 Å². The van der Waals surface area contributed by atoms with Gasteiger partial charge in [-0.3, -0.25) is 4.79 Å². The molecule has 174 valence electrons. The van der Waals surface area contributed by atoms with Gasteiger partial charge in [-0.05, 0) is 49.2 Å². The molecule has 0 spiro atoms. The highest BCUT2D eigenvalue weighted by atomic mass is 32.2. The molecule has 1 saturated carbocycles. The molecule has 2 aromatic heterocycles. The first-order chi connectivity index (χ1) is 15.3. The van der Waals surface area contributed by atoms with Gasteiger partial charge in [0.2, 0.25) is 0 Å². The number of nitrogens with one attached hydrogen (secondary N) is 1. The number of thiophene rings is 1. The standard InChI is InChI=1S/C20H26N4O5S3/c1-12-17(31-23-22-12)18(25)24-9-8-14-15(11-24)30-20(16(14)19(26)29-2)32(27,28)21-10-13-6-4-3-5-7-13/h13,21H,3-11H2,1-2H3. The monoisotopic (exact) mass is 498 g/mol. The Labute approximate surface area is 195 Å². The van der Waals surface area contributed by atoms with Crippen LogP contribution in [-0.2, 0) is 27.7 Å². The number of esters is 1. The quantitative estimate of drug-likeness (QED) is 0.608. The SMILES string of the molecule is COC(=O)c1c(S(=O)(=O)NCC2CCCCC2)sc2c1CCN(C(=O)c1snnc1C)C2. The van der Waals surface area contributed by atoms with Crippen molar-refractivity contribution in [3.8, 4) is 0 Å². The Kier molecular flexibility index (Phi) is 6.94. The summed E-state index contributed by atoms with van der Waals surface area (Å²) in [5.41, 5.74) is 1.33. The Morgan fingerprint density at radius 3 is 2.66 bits per heavy atom. The van der Waals surface area contributed by atoms with Crippen LogP contribution in [0, 0.1) is 12.8 Å². The number of rotatable bonds is 6. The maximum Gasteiger partial charge on any atom is 0.340 e. The van der Waals surface area contributed by atoms with Gasteiger partial charge in [0.15, 0.2) is 0 Å². The van der Waals surface area contributed by atoms with E-state index < -0.39 is 16.0 Å². The molecular formula is C20H26N4O5S3. The summed E-state index contributed by atoms with van der Waals surface area (Å²) in [6, 6.07) is 0.